The van der Waals surface area contributed by atoms with Gasteiger partial charge in [-0.3, -0.25) is 9.59 Å². The van der Waals surface area contributed by atoms with Crippen LogP contribution in [0.2, 0.25) is 0 Å². The second-order valence-electron chi connectivity index (χ2n) is 4.94. The van der Waals surface area contributed by atoms with Crippen LogP contribution in [-0.2, 0) is 22.1 Å². The minimum atomic E-state index is -4.83. The number of esters is 1. The summed E-state index contributed by atoms with van der Waals surface area (Å²) < 4.78 is 57.9. The Morgan fingerprint density at radius 3 is 2.42 bits per heavy atom. The number of ether oxygens (including phenoxy) is 1. The molecule has 0 unspecified atom stereocenters. The molecule has 0 spiro atoms. The summed E-state index contributed by atoms with van der Waals surface area (Å²) in [5.74, 6) is -2.02. The van der Waals surface area contributed by atoms with E-state index in [0.29, 0.717) is 12.4 Å². The molecule has 0 aromatic heterocycles. The van der Waals surface area contributed by atoms with Gasteiger partial charge in [-0.1, -0.05) is 24.3 Å². The van der Waals surface area contributed by atoms with E-state index in [1.165, 1.54) is 18.2 Å². The molecule has 0 saturated carbocycles. The fourth-order valence-corrected chi connectivity index (χ4v) is 2.31. The van der Waals surface area contributed by atoms with Crippen molar-refractivity contribution >= 4 is 12.3 Å². The standard InChI is InChI=1S/C17H12F4O3/c1-24-16(23)7-11-6-13(12-5-3-2-4-10(12)9-22)15(18)8-14(11)17(19,20)21/h2-6,8-9H,7H2,1H3. The SMILES string of the molecule is COC(=O)Cc1cc(-c2ccccc2C=O)c(F)cc1C(F)(F)F. The van der Waals surface area contributed by atoms with E-state index in [2.05, 4.69) is 4.74 Å². The van der Waals surface area contributed by atoms with Gasteiger partial charge >= 0.3 is 12.1 Å². The number of hydrogen-bond acceptors (Lipinski definition) is 3. The van der Waals surface area contributed by atoms with Gasteiger partial charge in [0.1, 0.15) is 5.82 Å². The molecule has 0 radical (unpaired) electrons. The van der Waals surface area contributed by atoms with Crippen LogP contribution in [0.3, 0.4) is 0 Å². The van der Waals surface area contributed by atoms with E-state index in [4.69, 9.17) is 0 Å². The van der Waals surface area contributed by atoms with Crippen LogP contribution in [0.1, 0.15) is 21.5 Å². The maximum absolute atomic E-state index is 14.2. The molecular formula is C17H12F4O3. The highest BCUT2D eigenvalue weighted by Gasteiger charge is 2.35. The highest BCUT2D eigenvalue weighted by atomic mass is 19.4. The number of benzene rings is 2. The fraction of sp³-hybridized carbons (Fsp3) is 0.176. The van der Waals surface area contributed by atoms with Crippen molar-refractivity contribution in [3.8, 4) is 11.1 Å². The van der Waals surface area contributed by atoms with Crippen molar-refractivity contribution < 1.29 is 31.9 Å². The Labute approximate surface area is 134 Å². The second kappa shape index (κ2) is 6.82. The van der Waals surface area contributed by atoms with E-state index in [9.17, 15) is 27.2 Å². The Balaban J connectivity index is 2.68. The monoisotopic (exact) mass is 340 g/mol. The Kier molecular flexibility index (Phi) is 5.02. The quantitative estimate of drug-likeness (QED) is 0.479. The van der Waals surface area contributed by atoms with Gasteiger partial charge in [0, 0.05) is 11.1 Å². The second-order valence-corrected chi connectivity index (χ2v) is 4.94. The first-order valence-electron chi connectivity index (χ1n) is 6.79. The molecule has 0 aliphatic carbocycles. The molecule has 2 aromatic rings. The van der Waals surface area contributed by atoms with Gasteiger partial charge in [0.2, 0.25) is 0 Å². The van der Waals surface area contributed by atoms with Gasteiger partial charge in [0.15, 0.2) is 6.29 Å². The summed E-state index contributed by atoms with van der Waals surface area (Å²) >= 11 is 0. The Hall–Kier alpha value is -2.70. The minimum Gasteiger partial charge on any atom is -0.469 e. The zero-order chi connectivity index (χ0) is 17.9. The lowest BCUT2D eigenvalue weighted by Gasteiger charge is -2.15. The van der Waals surface area contributed by atoms with E-state index >= 15 is 0 Å². The molecule has 2 rings (SSSR count). The first-order valence-corrected chi connectivity index (χ1v) is 6.79. The minimum absolute atomic E-state index is 0.125. The highest BCUT2D eigenvalue weighted by Crippen LogP contribution is 2.37. The maximum Gasteiger partial charge on any atom is 0.416 e. The molecule has 0 bridgehead atoms. The molecule has 0 heterocycles. The molecule has 7 heteroatoms. The molecular weight excluding hydrogens is 328 g/mol. The van der Waals surface area contributed by atoms with Gasteiger partial charge in [-0.25, -0.2) is 4.39 Å². The number of methoxy groups -OCH3 is 1. The van der Waals surface area contributed by atoms with Gasteiger partial charge in [0.25, 0.3) is 0 Å². The van der Waals surface area contributed by atoms with Crippen molar-refractivity contribution in [2.24, 2.45) is 0 Å². The number of carbonyl (C=O) groups is 2. The molecule has 0 amide bonds. The van der Waals surface area contributed by atoms with E-state index in [1.54, 1.807) is 6.07 Å². The predicted octanol–water partition coefficient (Wildman–Crippen LogP) is 4.04. The molecule has 126 valence electrons. The number of rotatable bonds is 4. The molecule has 24 heavy (non-hydrogen) atoms. The lowest BCUT2D eigenvalue weighted by Crippen LogP contribution is -2.14. The molecule has 0 fully saturated rings. The normalized spacial score (nSPS) is 11.2. The molecule has 0 atom stereocenters. The largest absolute Gasteiger partial charge is 0.469 e. The van der Waals surface area contributed by atoms with Crippen molar-refractivity contribution in [3.05, 3.63) is 58.9 Å². The van der Waals surface area contributed by atoms with Gasteiger partial charge in [-0.2, -0.15) is 13.2 Å². The summed E-state index contributed by atoms with van der Waals surface area (Å²) in [5, 5.41) is 0. The van der Waals surface area contributed by atoms with Crippen molar-refractivity contribution in [2.75, 3.05) is 7.11 Å². The smallest absolute Gasteiger partial charge is 0.416 e. The fourth-order valence-electron chi connectivity index (χ4n) is 2.31. The number of halogens is 4. The van der Waals surface area contributed by atoms with Crippen LogP contribution in [0.25, 0.3) is 11.1 Å². The molecule has 2 aromatic carbocycles. The summed E-state index contributed by atoms with van der Waals surface area (Å²) in [4.78, 5) is 22.4. The summed E-state index contributed by atoms with van der Waals surface area (Å²) in [6.07, 6.45) is -5.01. The zero-order valence-electron chi connectivity index (χ0n) is 12.5. The average molecular weight is 340 g/mol. The molecule has 0 aliphatic rings. The van der Waals surface area contributed by atoms with E-state index in [-0.39, 0.29) is 16.7 Å². The van der Waals surface area contributed by atoms with Crippen LogP contribution in [-0.4, -0.2) is 19.4 Å². The van der Waals surface area contributed by atoms with E-state index in [1.807, 2.05) is 0 Å². The Morgan fingerprint density at radius 2 is 1.83 bits per heavy atom. The van der Waals surface area contributed by atoms with Crippen molar-refractivity contribution in [3.63, 3.8) is 0 Å². The average Bonchev–Trinajstić information content (AvgIpc) is 2.55. The van der Waals surface area contributed by atoms with Crippen LogP contribution >= 0.6 is 0 Å². The van der Waals surface area contributed by atoms with Gasteiger partial charge in [-0.15, -0.1) is 0 Å². The van der Waals surface area contributed by atoms with Crippen LogP contribution in [0, 0.1) is 5.82 Å². The molecule has 0 saturated heterocycles. The maximum atomic E-state index is 14.2. The number of hydrogen-bond donors (Lipinski definition) is 0. The van der Waals surface area contributed by atoms with Crippen molar-refractivity contribution in [1.82, 2.24) is 0 Å². The van der Waals surface area contributed by atoms with Crippen LogP contribution in [0.15, 0.2) is 36.4 Å². The third-order valence-corrected chi connectivity index (χ3v) is 3.44. The molecule has 0 N–H and O–H groups in total. The van der Waals surface area contributed by atoms with Crippen LogP contribution in [0.5, 0.6) is 0 Å². The van der Waals surface area contributed by atoms with Crippen LogP contribution in [0.4, 0.5) is 17.6 Å². The first-order chi connectivity index (χ1) is 11.3. The number of carbonyl (C=O) groups excluding carboxylic acids is 2. The van der Waals surface area contributed by atoms with Gasteiger partial charge in [-0.05, 0) is 23.3 Å². The Bertz CT molecular complexity index is 782. The highest BCUT2D eigenvalue weighted by molar-refractivity contribution is 5.88. The third kappa shape index (κ3) is 3.61. The predicted molar refractivity (Wildman–Crippen MR) is 77.9 cm³/mol. The summed E-state index contributed by atoms with van der Waals surface area (Å²) in [6.45, 7) is 0. The topological polar surface area (TPSA) is 43.4 Å². The summed E-state index contributed by atoms with van der Waals surface area (Å²) in [6, 6.07) is 7.16. The molecule has 3 nitrogen and oxygen atoms in total. The van der Waals surface area contributed by atoms with Crippen LogP contribution < -0.4 is 0 Å². The van der Waals surface area contributed by atoms with Gasteiger partial charge < -0.3 is 4.74 Å². The Morgan fingerprint density at radius 1 is 1.17 bits per heavy atom. The summed E-state index contributed by atoms with van der Waals surface area (Å²) in [5.41, 5.74) is -1.60. The van der Waals surface area contributed by atoms with Crippen molar-refractivity contribution in [1.29, 1.82) is 0 Å². The first kappa shape index (κ1) is 17.7. The number of alkyl halides is 3. The third-order valence-electron chi connectivity index (χ3n) is 3.44. The van der Waals surface area contributed by atoms with Crippen molar-refractivity contribution in [2.45, 2.75) is 12.6 Å². The van der Waals surface area contributed by atoms with Gasteiger partial charge in [0.05, 0.1) is 19.1 Å². The lowest BCUT2D eigenvalue weighted by atomic mass is 9.94. The van der Waals surface area contributed by atoms with E-state index < -0.39 is 35.5 Å². The zero-order valence-corrected chi connectivity index (χ0v) is 12.5. The summed E-state index contributed by atoms with van der Waals surface area (Å²) in [7, 11) is 1.04. The lowest BCUT2D eigenvalue weighted by molar-refractivity contribution is -0.141. The number of aldehydes is 1. The van der Waals surface area contributed by atoms with E-state index in [0.717, 1.165) is 13.2 Å². The molecule has 0 aliphatic heterocycles.